The third kappa shape index (κ3) is 4.46. The average Bonchev–Trinajstić information content (AvgIpc) is 3.14. The summed E-state index contributed by atoms with van der Waals surface area (Å²) in [5, 5.41) is 0. The number of benzene rings is 2. The molecule has 2 aromatic carbocycles. The number of anilines is 1. The molecule has 0 bridgehead atoms. The molecule has 4 heteroatoms. The van der Waals surface area contributed by atoms with Crippen LogP contribution in [0, 0.1) is 0 Å². The molecule has 2 aliphatic rings. The van der Waals surface area contributed by atoms with Gasteiger partial charge in [0.2, 0.25) is 0 Å². The number of para-hydroxylation sites is 1. The number of fused-ring (bicyclic) bond motifs is 1. The lowest BCUT2D eigenvalue weighted by Gasteiger charge is -2.29. The lowest BCUT2D eigenvalue weighted by atomic mass is 10.2. The molecule has 0 saturated carbocycles. The molecule has 1 amide bonds. The highest BCUT2D eigenvalue weighted by Gasteiger charge is 2.29. The molecule has 140 valence electrons. The zero-order valence-electron chi connectivity index (χ0n) is 15.9. The van der Waals surface area contributed by atoms with Crippen LogP contribution in [-0.4, -0.2) is 51.7 Å². The molecular formula is C23H29N3O+2. The van der Waals surface area contributed by atoms with Gasteiger partial charge in [-0.3, -0.25) is 4.79 Å². The SMILES string of the molecule is O=C(C[NH+]1CC[NH+](C/C=C/c2ccccc2)CC1)N1CCc2ccccc21. The highest BCUT2D eigenvalue weighted by Crippen LogP contribution is 2.26. The first-order valence-electron chi connectivity index (χ1n) is 10.1. The summed E-state index contributed by atoms with van der Waals surface area (Å²) in [6, 6.07) is 18.8. The number of amides is 1. The maximum atomic E-state index is 12.8. The standard InChI is InChI=1S/C23H27N3O/c27-23(26-14-12-21-10-4-5-11-22(21)26)19-25-17-15-24(16-18-25)13-6-9-20-7-2-1-3-8-20/h1-11H,12-19H2/p+2/b9-6+. The Morgan fingerprint density at radius 1 is 0.926 bits per heavy atom. The van der Waals surface area contributed by atoms with Gasteiger partial charge in [-0.2, -0.15) is 0 Å². The van der Waals surface area contributed by atoms with Gasteiger partial charge in [-0.05, 0) is 29.7 Å². The summed E-state index contributed by atoms with van der Waals surface area (Å²) >= 11 is 0. The van der Waals surface area contributed by atoms with E-state index in [0.717, 1.165) is 51.4 Å². The lowest BCUT2D eigenvalue weighted by Crippen LogP contribution is -3.28. The van der Waals surface area contributed by atoms with Crippen molar-refractivity contribution in [1.29, 1.82) is 0 Å². The number of carbonyl (C=O) groups excluding carboxylic acids is 1. The number of piperazine rings is 1. The van der Waals surface area contributed by atoms with Gasteiger partial charge in [0.25, 0.3) is 5.91 Å². The second kappa shape index (κ2) is 8.51. The molecule has 0 unspecified atom stereocenters. The quantitative estimate of drug-likeness (QED) is 0.774. The summed E-state index contributed by atoms with van der Waals surface area (Å²) < 4.78 is 0. The molecule has 27 heavy (non-hydrogen) atoms. The maximum Gasteiger partial charge on any atom is 0.282 e. The molecule has 4 rings (SSSR count). The van der Waals surface area contributed by atoms with E-state index in [4.69, 9.17) is 0 Å². The fourth-order valence-electron chi connectivity index (χ4n) is 4.17. The van der Waals surface area contributed by atoms with Gasteiger partial charge in [-0.25, -0.2) is 0 Å². The Bertz CT molecular complexity index is 794. The van der Waals surface area contributed by atoms with Crippen molar-refractivity contribution < 1.29 is 14.6 Å². The number of hydrogen-bond acceptors (Lipinski definition) is 1. The van der Waals surface area contributed by atoms with Crippen LogP contribution in [0.4, 0.5) is 5.69 Å². The van der Waals surface area contributed by atoms with E-state index in [0.29, 0.717) is 6.54 Å². The number of carbonyl (C=O) groups is 1. The Morgan fingerprint density at radius 2 is 1.63 bits per heavy atom. The van der Waals surface area contributed by atoms with Crippen LogP contribution in [0.1, 0.15) is 11.1 Å². The predicted octanol–water partition coefficient (Wildman–Crippen LogP) is 0.0725. The smallest absolute Gasteiger partial charge is 0.282 e. The maximum absolute atomic E-state index is 12.8. The molecule has 2 N–H and O–H groups in total. The van der Waals surface area contributed by atoms with Crippen LogP contribution in [0.2, 0.25) is 0 Å². The summed E-state index contributed by atoms with van der Waals surface area (Å²) in [6.45, 7) is 6.96. The molecule has 2 aliphatic heterocycles. The number of hydrogen-bond donors (Lipinski definition) is 2. The minimum absolute atomic E-state index is 0.280. The topological polar surface area (TPSA) is 29.2 Å². The first-order chi connectivity index (χ1) is 13.3. The van der Waals surface area contributed by atoms with E-state index in [1.165, 1.54) is 16.0 Å². The molecule has 0 radical (unpaired) electrons. The highest BCUT2D eigenvalue weighted by molar-refractivity contribution is 5.96. The average molecular weight is 364 g/mol. The van der Waals surface area contributed by atoms with E-state index in [1.807, 2.05) is 17.0 Å². The highest BCUT2D eigenvalue weighted by atomic mass is 16.2. The van der Waals surface area contributed by atoms with Gasteiger partial charge in [-0.1, -0.05) is 54.6 Å². The number of nitrogens with zero attached hydrogens (tertiary/aromatic N) is 1. The number of quaternary nitrogens is 2. The molecule has 2 heterocycles. The normalized spacial score (nSPS) is 22.1. The van der Waals surface area contributed by atoms with Crippen molar-refractivity contribution in [1.82, 2.24) is 0 Å². The van der Waals surface area contributed by atoms with Gasteiger partial charge in [0.15, 0.2) is 6.54 Å². The van der Waals surface area contributed by atoms with E-state index < -0.39 is 0 Å². The second-order valence-corrected chi connectivity index (χ2v) is 7.62. The lowest BCUT2D eigenvalue weighted by molar-refractivity contribution is -1.01. The molecule has 0 spiro atoms. The van der Waals surface area contributed by atoms with Gasteiger partial charge in [-0.15, -0.1) is 0 Å². The molecule has 2 aromatic rings. The zero-order valence-corrected chi connectivity index (χ0v) is 15.9. The van der Waals surface area contributed by atoms with Crippen LogP contribution in [0.15, 0.2) is 60.7 Å². The molecule has 4 nitrogen and oxygen atoms in total. The van der Waals surface area contributed by atoms with Crippen LogP contribution >= 0.6 is 0 Å². The molecule has 0 aliphatic carbocycles. The Hall–Kier alpha value is -2.43. The Labute approximate surface area is 161 Å². The van der Waals surface area contributed by atoms with Gasteiger partial charge in [0.05, 0.1) is 6.54 Å². The van der Waals surface area contributed by atoms with Crippen molar-refractivity contribution in [2.45, 2.75) is 6.42 Å². The fourth-order valence-corrected chi connectivity index (χ4v) is 4.17. The van der Waals surface area contributed by atoms with E-state index in [-0.39, 0.29) is 5.91 Å². The second-order valence-electron chi connectivity index (χ2n) is 7.62. The minimum Gasteiger partial charge on any atom is -0.322 e. The van der Waals surface area contributed by atoms with Gasteiger partial charge in [0.1, 0.15) is 26.2 Å². The van der Waals surface area contributed by atoms with Crippen molar-refractivity contribution in [3.05, 3.63) is 71.8 Å². The number of nitrogens with one attached hydrogen (secondary N) is 2. The van der Waals surface area contributed by atoms with Crippen molar-refractivity contribution in [2.75, 3.05) is 50.7 Å². The molecule has 1 saturated heterocycles. The third-order valence-corrected chi connectivity index (χ3v) is 5.77. The van der Waals surface area contributed by atoms with Crippen LogP contribution in [-0.2, 0) is 11.2 Å². The van der Waals surface area contributed by atoms with E-state index >= 15 is 0 Å². The summed E-state index contributed by atoms with van der Waals surface area (Å²) in [6.07, 6.45) is 5.48. The first kappa shape index (κ1) is 18.0. The van der Waals surface area contributed by atoms with Crippen LogP contribution < -0.4 is 14.7 Å². The molecule has 0 aromatic heterocycles. The van der Waals surface area contributed by atoms with Gasteiger partial charge < -0.3 is 14.7 Å². The molecule has 1 fully saturated rings. The van der Waals surface area contributed by atoms with E-state index in [1.54, 1.807) is 4.90 Å². The summed E-state index contributed by atoms with van der Waals surface area (Å²) in [5.74, 6) is 0.280. The summed E-state index contributed by atoms with van der Waals surface area (Å²) in [7, 11) is 0. The molecule has 0 atom stereocenters. The van der Waals surface area contributed by atoms with Crippen LogP contribution in [0.25, 0.3) is 6.08 Å². The van der Waals surface area contributed by atoms with E-state index in [9.17, 15) is 4.79 Å². The monoisotopic (exact) mass is 363 g/mol. The van der Waals surface area contributed by atoms with E-state index in [2.05, 4.69) is 54.6 Å². The third-order valence-electron chi connectivity index (χ3n) is 5.77. The Morgan fingerprint density at radius 3 is 2.44 bits per heavy atom. The predicted molar refractivity (Wildman–Crippen MR) is 109 cm³/mol. The summed E-state index contributed by atoms with van der Waals surface area (Å²) in [5.41, 5.74) is 3.69. The minimum atomic E-state index is 0.280. The van der Waals surface area contributed by atoms with Gasteiger partial charge >= 0.3 is 0 Å². The fraction of sp³-hybridized carbons (Fsp3) is 0.348. The number of rotatable bonds is 5. The first-order valence-corrected chi connectivity index (χ1v) is 10.1. The zero-order chi connectivity index (χ0) is 18.5. The van der Waals surface area contributed by atoms with Crippen molar-refractivity contribution in [3.63, 3.8) is 0 Å². The molecular weight excluding hydrogens is 334 g/mol. The van der Waals surface area contributed by atoms with Crippen molar-refractivity contribution in [2.24, 2.45) is 0 Å². The largest absolute Gasteiger partial charge is 0.322 e. The summed E-state index contributed by atoms with van der Waals surface area (Å²) in [4.78, 5) is 17.8. The Kier molecular flexibility index (Phi) is 5.66. The van der Waals surface area contributed by atoms with Crippen LogP contribution in [0.5, 0.6) is 0 Å². The van der Waals surface area contributed by atoms with Crippen molar-refractivity contribution >= 4 is 17.7 Å². The Balaban J connectivity index is 1.23. The van der Waals surface area contributed by atoms with Gasteiger partial charge in [0, 0.05) is 12.2 Å². The van der Waals surface area contributed by atoms with Crippen molar-refractivity contribution in [3.8, 4) is 0 Å². The van der Waals surface area contributed by atoms with Crippen LogP contribution in [0.3, 0.4) is 0 Å².